The lowest BCUT2D eigenvalue weighted by atomic mass is 10.2. The van der Waals surface area contributed by atoms with E-state index in [1.54, 1.807) is 24.6 Å². The molecule has 20 heavy (non-hydrogen) atoms. The number of fused-ring (bicyclic) bond motifs is 1. The van der Waals surface area contributed by atoms with E-state index in [-0.39, 0.29) is 11.7 Å². The number of hydrogen-bond acceptors (Lipinski definition) is 4. The Bertz CT molecular complexity index is 635. The summed E-state index contributed by atoms with van der Waals surface area (Å²) in [5.41, 5.74) is 1.74. The van der Waals surface area contributed by atoms with Gasteiger partial charge in [0.15, 0.2) is 0 Å². The number of anilines is 1. The highest BCUT2D eigenvalue weighted by atomic mass is 16.3. The first kappa shape index (κ1) is 14.6. The number of rotatable bonds is 6. The van der Waals surface area contributed by atoms with Gasteiger partial charge in [-0.1, -0.05) is 18.2 Å². The summed E-state index contributed by atoms with van der Waals surface area (Å²) in [6.45, 7) is 3.74. The summed E-state index contributed by atoms with van der Waals surface area (Å²) >= 11 is 0. The lowest BCUT2D eigenvalue weighted by Crippen LogP contribution is -2.29. The first-order chi connectivity index (χ1) is 9.59. The molecule has 3 N–H and O–H groups in total. The van der Waals surface area contributed by atoms with Crippen molar-refractivity contribution in [2.24, 2.45) is 7.05 Å². The molecule has 0 aliphatic carbocycles. The first-order valence-electron chi connectivity index (χ1n) is 6.81. The van der Waals surface area contributed by atoms with Gasteiger partial charge in [-0.25, -0.2) is 0 Å². The van der Waals surface area contributed by atoms with Gasteiger partial charge in [-0.2, -0.15) is 0 Å². The Morgan fingerprint density at radius 2 is 2.05 bits per heavy atom. The van der Waals surface area contributed by atoms with Crippen molar-refractivity contribution < 1.29 is 5.11 Å². The predicted molar refractivity (Wildman–Crippen MR) is 82.2 cm³/mol. The number of aromatic nitrogens is 1. The summed E-state index contributed by atoms with van der Waals surface area (Å²) in [6, 6.07) is 9.45. The molecule has 0 saturated heterocycles. The third-order valence-electron chi connectivity index (χ3n) is 3.21. The zero-order valence-electron chi connectivity index (χ0n) is 11.9. The highest BCUT2D eigenvalue weighted by molar-refractivity contribution is 5.91. The molecule has 5 nitrogen and oxygen atoms in total. The maximum Gasteiger partial charge on any atom is 0.252 e. The van der Waals surface area contributed by atoms with Gasteiger partial charge in [-0.3, -0.25) is 4.79 Å². The minimum atomic E-state index is -0.347. The zero-order chi connectivity index (χ0) is 14.5. The quantitative estimate of drug-likeness (QED) is 0.686. The van der Waals surface area contributed by atoms with E-state index in [2.05, 4.69) is 10.6 Å². The van der Waals surface area contributed by atoms with Gasteiger partial charge in [0, 0.05) is 43.8 Å². The molecule has 0 bridgehead atoms. The second kappa shape index (κ2) is 6.54. The lowest BCUT2D eigenvalue weighted by molar-refractivity contribution is 0.192. The molecule has 108 valence electrons. The van der Waals surface area contributed by atoms with Gasteiger partial charge in [0.05, 0.1) is 11.6 Å². The number of hydrogen-bond donors (Lipinski definition) is 3. The Morgan fingerprint density at radius 1 is 1.30 bits per heavy atom. The Morgan fingerprint density at radius 3 is 2.80 bits per heavy atom. The van der Waals surface area contributed by atoms with Crippen LogP contribution in [-0.4, -0.2) is 35.4 Å². The fourth-order valence-electron chi connectivity index (χ4n) is 2.15. The third kappa shape index (κ3) is 3.37. The average Bonchev–Trinajstić information content (AvgIpc) is 2.43. The first-order valence-corrected chi connectivity index (χ1v) is 6.81. The van der Waals surface area contributed by atoms with Crippen LogP contribution in [-0.2, 0) is 7.05 Å². The van der Waals surface area contributed by atoms with Crippen LogP contribution in [0.25, 0.3) is 10.9 Å². The molecule has 5 heteroatoms. The van der Waals surface area contributed by atoms with Crippen LogP contribution in [0.1, 0.15) is 6.92 Å². The van der Waals surface area contributed by atoms with Crippen LogP contribution in [0, 0.1) is 0 Å². The molecule has 0 aliphatic heterocycles. The summed E-state index contributed by atoms with van der Waals surface area (Å²) in [5.74, 6) is 0. The molecule has 1 aromatic carbocycles. The number of aliphatic hydroxyl groups excluding tert-OH is 1. The van der Waals surface area contributed by atoms with E-state index in [0.29, 0.717) is 13.1 Å². The van der Waals surface area contributed by atoms with Gasteiger partial charge in [0.2, 0.25) is 0 Å². The molecule has 1 aromatic heterocycles. The molecule has 1 unspecified atom stereocenters. The number of nitrogens with zero attached hydrogens (tertiary/aromatic N) is 1. The number of pyridine rings is 1. The molecular formula is C15H21N3O2. The van der Waals surface area contributed by atoms with Crippen molar-refractivity contribution in [2.75, 3.05) is 25.0 Å². The third-order valence-corrected chi connectivity index (χ3v) is 3.21. The van der Waals surface area contributed by atoms with Crippen LogP contribution in [0.4, 0.5) is 5.69 Å². The van der Waals surface area contributed by atoms with Crippen LogP contribution < -0.4 is 16.2 Å². The summed E-state index contributed by atoms with van der Waals surface area (Å²) < 4.78 is 1.65. The summed E-state index contributed by atoms with van der Waals surface area (Å²) in [7, 11) is 1.78. The predicted octanol–water partition coefficient (Wildman–Crippen LogP) is 0.921. The molecule has 0 aliphatic rings. The van der Waals surface area contributed by atoms with Gasteiger partial charge in [0.1, 0.15) is 0 Å². The van der Waals surface area contributed by atoms with Gasteiger partial charge >= 0.3 is 0 Å². The minimum Gasteiger partial charge on any atom is -0.392 e. The van der Waals surface area contributed by atoms with Gasteiger partial charge < -0.3 is 20.3 Å². The van der Waals surface area contributed by atoms with Crippen LogP contribution >= 0.6 is 0 Å². The number of aliphatic hydroxyl groups is 1. The SMILES string of the molecule is CC(O)CNCCNc1cc(=O)n(C)c2ccccc12. The molecule has 1 atom stereocenters. The normalized spacial score (nSPS) is 12.6. The van der Waals surface area contributed by atoms with Crippen LogP contribution in [0.5, 0.6) is 0 Å². The van der Waals surface area contributed by atoms with Crippen molar-refractivity contribution in [2.45, 2.75) is 13.0 Å². The number of aryl methyl sites for hydroxylation is 1. The van der Waals surface area contributed by atoms with Gasteiger partial charge in [-0.05, 0) is 13.0 Å². The maximum atomic E-state index is 11.9. The highest BCUT2D eigenvalue weighted by Crippen LogP contribution is 2.20. The van der Waals surface area contributed by atoms with E-state index < -0.39 is 0 Å². The zero-order valence-corrected chi connectivity index (χ0v) is 11.9. The molecule has 0 spiro atoms. The number of para-hydroxylation sites is 1. The fraction of sp³-hybridized carbons (Fsp3) is 0.400. The van der Waals surface area contributed by atoms with Crippen molar-refractivity contribution in [3.05, 3.63) is 40.7 Å². The van der Waals surface area contributed by atoms with Crippen LogP contribution in [0.2, 0.25) is 0 Å². The Labute approximate surface area is 118 Å². The number of benzene rings is 1. The molecule has 1 heterocycles. The van der Waals surface area contributed by atoms with E-state index in [9.17, 15) is 4.79 Å². The molecule has 0 fully saturated rings. The second-order valence-corrected chi connectivity index (χ2v) is 4.95. The minimum absolute atomic E-state index is 0.0249. The van der Waals surface area contributed by atoms with E-state index in [4.69, 9.17) is 5.11 Å². The molecular weight excluding hydrogens is 254 g/mol. The summed E-state index contributed by atoms with van der Waals surface area (Å²) in [5, 5.41) is 16.6. The van der Waals surface area contributed by atoms with Crippen molar-refractivity contribution >= 4 is 16.6 Å². The van der Waals surface area contributed by atoms with E-state index >= 15 is 0 Å². The molecule has 0 saturated carbocycles. The Kier molecular flexibility index (Phi) is 4.76. The average molecular weight is 275 g/mol. The molecule has 0 radical (unpaired) electrons. The maximum absolute atomic E-state index is 11.9. The van der Waals surface area contributed by atoms with E-state index in [1.165, 1.54) is 0 Å². The van der Waals surface area contributed by atoms with Gasteiger partial charge in [0.25, 0.3) is 5.56 Å². The smallest absolute Gasteiger partial charge is 0.252 e. The summed E-state index contributed by atoms with van der Waals surface area (Å²) in [6.07, 6.45) is -0.347. The Balaban J connectivity index is 2.10. The van der Waals surface area contributed by atoms with Crippen molar-refractivity contribution in [3.63, 3.8) is 0 Å². The van der Waals surface area contributed by atoms with E-state index in [0.717, 1.165) is 23.1 Å². The summed E-state index contributed by atoms with van der Waals surface area (Å²) in [4.78, 5) is 11.9. The second-order valence-electron chi connectivity index (χ2n) is 4.95. The molecule has 2 rings (SSSR count). The molecule has 2 aromatic rings. The monoisotopic (exact) mass is 275 g/mol. The van der Waals surface area contributed by atoms with Crippen LogP contribution in [0.15, 0.2) is 35.1 Å². The fourth-order valence-corrected chi connectivity index (χ4v) is 2.15. The van der Waals surface area contributed by atoms with Crippen molar-refractivity contribution in [1.29, 1.82) is 0 Å². The van der Waals surface area contributed by atoms with Gasteiger partial charge in [-0.15, -0.1) is 0 Å². The lowest BCUT2D eigenvalue weighted by Gasteiger charge is -2.13. The largest absolute Gasteiger partial charge is 0.392 e. The Hall–Kier alpha value is -1.85. The molecule has 0 amide bonds. The van der Waals surface area contributed by atoms with Crippen molar-refractivity contribution in [1.82, 2.24) is 9.88 Å². The standard InChI is InChI=1S/C15H21N3O2/c1-11(19)10-16-7-8-17-13-9-15(20)18(2)14-6-4-3-5-12(13)14/h3-6,9,11,16-17,19H,7-8,10H2,1-2H3. The van der Waals surface area contributed by atoms with Crippen molar-refractivity contribution in [3.8, 4) is 0 Å². The topological polar surface area (TPSA) is 66.3 Å². The van der Waals surface area contributed by atoms with E-state index in [1.807, 2.05) is 24.3 Å². The highest BCUT2D eigenvalue weighted by Gasteiger charge is 2.05. The number of nitrogens with one attached hydrogen (secondary N) is 2. The van der Waals surface area contributed by atoms with Crippen LogP contribution in [0.3, 0.4) is 0 Å².